The second-order valence-corrected chi connectivity index (χ2v) is 4.86. The number of carbonyl (C=O) groups is 1. The minimum absolute atomic E-state index is 0.111. The summed E-state index contributed by atoms with van der Waals surface area (Å²) in [6, 6.07) is 13.3. The lowest BCUT2D eigenvalue weighted by molar-refractivity contribution is 0.102. The van der Waals surface area contributed by atoms with E-state index in [-0.39, 0.29) is 5.91 Å². The summed E-state index contributed by atoms with van der Waals surface area (Å²) in [6.45, 7) is 4.22. The van der Waals surface area contributed by atoms with Crippen LogP contribution >= 0.6 is 0 Å². The zero-order valence-electron chi connectivity index (χ0n) is 12.2. The van der Waals surface area contributed by atoms with Crippen molar-refractivity contribution in [1.29, 1.82) is 0 Å². The lowest BCUT2D eigenvalue weighted by Gasteiger charge is -2.09. The Morgan fingerprint density at radius 2 is 2.00 bits per heavy atom. The molecule has 3 nitrogen and oxygen atoms in total. The van der Waals surface area contributed by atoms with Crippen molar-refractivity contribution in [3.8, 4) is 11.8 Å². The Kier molecular flexibility index (Phi) is 4.76. The number of anilines is 1. The molecule has 2 aromatic rings. The molecule has 106 valence electrons. The summed E-state index contributed by atoms with van der Waals surface area (Å²) in [5.74, 6) is 5.64. The van der Waals surface area contributed by atoms with Gasteiger partial charge < -0.3 is 11.1 Å². The first kappa shape index (κ1) is 14.8. The topological polar surface area (TPSA) is 55.1 Å². The molecule has 2 aromatic carbocycles. The van der Waals surface area contributed by atoms with Gasteiger partial charge in [0.2, 0.25) is 0 Å². The van der Waals surface area contributed by atoms with Crippen molar-refractivity contribution >= 4 is 11.6 Å². The lowest BCUT2D eigenvalue weighted by Crippen LogP contribution is -2.13. The van der Waals surface area contributed by atoms with Crippen LogP contribution in [0.1, 0.15) is 27.0 Å². The van der Waals surface area contributed by atoms with Gasteiger partial charge in [-0.3, -0.25) is 4.79 Å². The molecule has 0 fully saturated rings. The number of carbonyl (C=O) groups excluding carboxylic acids is 1. The van der Waals surface area contributed by atoms with E-state index in [2.05, 4.69) is 17.2 Å². The number of benzene rings is 2. The van der Waals surface area contributed by atoms with Gasteiger partial charge in [0.1, 0.15) is 0 Å². The maximum atomic E-state index is 12.3. The van der Waals surface area contributed by atoms with E-state index in [1.54, 1.807) is 0 Å². The predicted molar refractivity (Wildman–Crippen MR) is 86.2 cm³/mol. The zero-order valence-corrected chi connectivity index (χ0v) is 12.2. The summed E-state index contributed by atoms with van der Waals surface area (Å²) in [7, 11) is 0. The van der Waals surface area contributed by atoms with Crippen LogP contribution in [0.15, 0.2) is 42.5 Å². The van der Waals surface area contributed by atoms with Gasteiger partial charge >= 0.3 is 0 Å². The van der Waals surface area contributed by atoms with E-state index in [9.17, 15) is 4.79 Å². The molecule has 2 rings (SSSR count). The molecular formula is C18H18N2O. The molecule has 3 heteroatoms. The van der Waals surface area contributed by atoms with Gasteiger partial charge in [-0.2, -0.15) is 0 Å². The highest BCUT2D eigenvalue weighted by atomic mass is 16.1. The van der Waals surface area contributed by atoms with Crippen molar-refractivity contribution in [3.05, 3.63) is 64.7 Å². The first-order valence-electron chi connectivity index (χ1n) is 6.78. The van der Waals surface area contributed by atoms with Crippen LogP contribution in [0.25, 0.3) is 0 Å². The number of hydrogen-bond donors (Lipinski definition) is 2. The molecule has 3 N–H and O–H groups in total. The van der Waals surface area contributed by atoms with Gasteiger partial charge in [0.05, 0.1) is 6.54 Å². The molecule has 0 aliphatic carbocycles. The number of hydrogen-bond acceptors (Lipinski definition) is 2. The quantitative estimate of drug-likeness (QED) is 0.830. The van der Waals surface area contributed by atoms with E-state index in [1.807, 2.05) is 56.3 Å². The molecule has 0 saturated carbocycles. The van der Waals surface area contributed by atoms with Gasteiger partial charge in [-0.05, 0) is 43.7 Å². The summed E-state index contributed by atoms with van der Waals surface area (Å²) in [5.41, 5.74) is 9.63. The fraction of sp³-hybridized carbons (Fsp3) is 0.167. The predicted octanol–water partition coefficient (Wildman–Crippen LogP) is 2.87. The van der Waals surface area contributed by atoms with E-state index >= 15 is 0 Å². The van der Waals surface area contributed by atoms with Crippen LogP contribution in [-0.4, -0.2) is 12.5 Å². The normalized spacial score (nSPS) is 9.67. The van der Waals surface area contributed by atoms with Gasteiger partial charge in [-0.15, -0.1) is 0 Å². The van der Waals surface area contributed by atoms with Gasteiger partial charge in [-0.1, -0.05) is 35.6 Å². The molecule has 0 aliphatic heterocycles. The van der Waals surface area contributed by atoms with Crippen molar-refractivity contribution in [2.75, 3.05) is 11.9 Å². The number of nitrogens with two attached hydrogens (primary N) is 1. The van der Waals surface area contributed by atoms with Crippen molar-refractivity contribution < 1.29 is 4.79 Å². The van der Waals surface area contributed by atoms with Gasteiger partial charge in [-0.25, -0.2) is 0 Å². The highest BCUT2D eigenvalue weighted by Crippen LogP contribution is 2.15. The fourth-order valence-corrected chi connectivity index (χ4v) is 2.01. The number of nitrogens with one attached hydrogen (secondary N) is 1. The van der Waals surface area contributed by atoms with Crippen molar-refractivity contribution in [2.45, 2.75) is 13.8 Å². The fourth-order valence-electron chi connectivity index (χ4n) is 2.01. The van der Waals surface area contributed by atoms with Gasteiger partial charge in [0.25, 0.3) is 5.91 Å². The summed E-state index contributed by atoms with van der Waals surface area (Å²) < 4.78 is 0. The second-order valence-electron chi connectivity index (χ2n) is 4.86. The minimum atomic E-state index is -0.111. The summed E-state index contributed by atoms with van der Waals surface area (Å²) in [4.78, 5) is 12.3. The zero-order chi connectivity index (χ0) is 15.2. The molecule has 0 atom stereocenters. The number of aryl methyl sites for hydroxylation is 2. The van der Waals surface area contributed by atoms with Crippen molar-refractivity contribution in [2.24, 2.45) is 5.73 Å². The Hall–Kier alpha value is -2.57. The van der Waals surface area contributed by atoms with Crippen molar-refractivity contribution in [1.82, 2.24) is 0 Å². The van der Waals surface area contributed by atoms with Crippen LogP contribution in [0.3, 0.4) is 0 Å². The Labute approximate surface area is 125 Å². The van der Waals surface area contributed by atoms with Crippen LogP contribution in [0.4, 0.5) is 5.69 Å². The maximum absolute atomic E-state index is 12.3. The van der Waals surface area contributed by atoms with Crippen LogP contribution in [0, 0.1) is 25.7 Å². The smallest absolute Gasteiger partial charge is 0.255 e. The monoisotopic (exact) mass is 278 g/mol. The van der Waals surface area contributed by atoms with E-state index < -0.39 is 0 Å². The standard InChI is InChI=1S/C18H18N2O/c1-13-8-9-14(2)17(11-13)18(21)20-16-7-3-5-15(12-16)6-4-10-19/h3,5,7-9,11-12H,10,19H2,1-2H3,(H,20,21). The largest absolute Gasteiger partial charge is 0.322 e. The Balaban J connectivity index is 2.21. The summed E-state index contributed by atoms with van der Waals surface area (Å²) >= 11 is 0. The van der Waals surface area contributed by atoms with Crippen molar-refractivity contribution in [3.63, 3.8) is 0 Å². The average molecular weight is 278 g/mol. The van der Waals surface area contributed by atoms with Gasteiger partial charge in [0, 0.05) is 16.8 Å². The first-order valence-corrected chi connectivity index (χ1v) is 6.78. The molecule has 0 saturated heterocycles. The first-order chi connectivity index (χ1) is 10.1. The van der Waals surface area contributed by atoms with Crippen LogP contribution in [0.5, 0.6) is 0 Å². The van der Waals surface area contributed by atoms with Gasteiger partial charge in [0.15, 0.2) is 0 Å². The molecule has 0 aromatic heterocycles. The van der Waals surface area contributed by atoms with E-state index in [1.165, 1.54) is 0 Å². The molecular weight excluding hydrogens is 260 g/mol. The molecule has 0 spiro atoms. The molecule has 0 aliphatic rings. The number of amides is 1. The third-order valence-corrected chi connectivity index (χ3v) is 3.09. The molecule has 0 heterocycles. The average Bonchev–Trinajstić information content (AvgIpc) is 2.48. The number of rotatable bonds is 2. The minimum Gasteiger partial charge on any atom is -0.322 e. The molecule has 21 heavy (non-hydrogen) atoms. The Morgan fingerprint density at radius 3 is 2.76 bits per heavy atom. The van der Waals surface area contributed by atoms with E-state index in [0.717, 1.165) is 22.4 Å². The molecule has 1 amide bonds. The third kappa shape index (κ3) is 3.95. The van der Waals surface area contributed by atoms with E-state index in [4.69, 9.17) is 5.73 Å². The summed E-state index contributed by atoms with van der Waals surface area (Å²) in [6.07, 6.45) is 0. The lowest BCUT2D eigenvalue weighted by atomic mass is 10.0. The maximum Gasteiger partial charge on any atom is 0.255 e. The molecule has 0 radical (unpaired) electrons. The summed E-state index contributed by atoms with van der Waals surface area (Å²) in [5, 5.41) is 2.91. The van der Waals surface area contributed by atoms with E-state index in [0.29, 0.717) is 12.1 Å². The van der Waals surface area contributed by atoms with Crippen LogP contribution in [-0.2, 0) is 0 Å². The van der Waals surface area contributed by atoms with Crippen LogP contribution < -0.4 is 11.1 Å². The van der Waals surface area contributed by atoms with Crippen LogP contribution in [0.2, 0.25) is 0 Å². The Morgan fingerprint density at radius 1 is 1.19 bits per heavy atom. The highest BCUT2D eigenvalue weighted by molar-refractivity contribution is 6.05. The Bertz CT molecular complexity index is 723. The highest BCUT2D eigenvalue weighted by Gasteiger charge is 2.09. The SMILES string of the molecule is Cc1ccc(C)c(C(=O)Nc2cccc(C#CCN)c2)c1. The molecule has 0 bridgehead atoms. The molecule has 0 unspecified atom stereocenters. The third-order valence-electron chi connectivity index (χ3n) is 3.09. The second kappa shape index (κ2) is 6.74.